The van der Waals surface area contributed by atoms with Crippen LogP contribution < -0.4 is 5.32 Å². The molecule has 2 aromatic carbocycles. The Bertz CT molecular complexity index is 1350. The van der Waals surface area contributed by atoms with Crippen LogP contribution in [0.4, 0.5) is 5.69 Å². The van der Waals surface area contributed by atoms with Gasteiger partial charge >= 0.3 is 0 Å². The zero-order valence-electron chi connectivity index (χ0n) is 18.8. The lowest BCUT2D eigenvalue weighted by atomic mass is 9.90. The van der Waals surface area contributed by atoms with Crippen molar-refractivity contribution >= 4 is 67.4 Å². The largest absolute Gasteiger partial charge is 0.369 e. The molecule has 1 N–H and O–H groups in total. The Morgan fingerprint density at radius 1 is 1.21 bits per heavy atom. The number of carbonyl (C=O) groups is 1. The van der Waals surface area contributed by atoms with Gasteiger partial charge in [-0.3, -0.25) is 4.79 Å². The molecule has 0 bridgehead atoms. The summed E-state index contributed by atoms with van der Waals surface area (Å²) < 4.78 is 6.15. The van der Waals surface area contributed by atoms with Gasteiger partial charge in [-0.2, -0.15) is 0 Å². The Labute approximate surface area is 205 Å². The van der Waals surface area contributed by atoms with Crippen molar-refractivity contribution in [1.82, 2.24) is 9.97 Å². The smallest absolute Gasteiger partial charge is 0.234 e. The van der Waals surface area contributed by atoms with Crippen LogP contribution in [0.15, 0.2) is 52.6 Å². The third-order valence-electron chi connectivity index (χ3n) is 6.12. The van der Waals surface area contributed by atoms with E-state index in [2.05, 4.69) is 31.3 Å². The van der Waals surface area contributed by atoms with Gasteiger partial charge in [0, 0.05) is 27.8 Å². The number of aromatic nitrogens is 2. The molecule has 0 saturated carbocycles. The van der Waals surface area contributed by atoms with E-state index in [4.69, 9.17) is 14.7 Å². The zero-order chi connectivity index (χ0) is 23.0. The summed E-state index contributed by atoms with van der Waals surface area (Å²) in [5.74, 6) is 0.245. The van der Waals surface area contributed by atoms with Gasteiger partial charge in [0.1, 0.15) is 9.86 Å². The topological polar surface area (TPSA) is 64.1 Å². The molecule has 0 spiro atoms. The van der Waals surface area contributed by atoms with Crippen molar-refractivity contribution in [2.45, 2.75) is 49.1 Å². The fourth-order valence-electron chi connectivity index (χ4n) is 4.10. The summed E-state index contributed by atoms with van der Waals surface area (Å²) in [6.45, 7) is 4.94. The Morgan fingerprint density at radius 3 is 2.85 bits per heavy atom. The number of nitrogens with zero attached hydrogens (tertiary/aromatic N) is 2. The number of benzene rings is 2. The normalized spacial score (nSPS) is 17.9. The third-order valence-corrected chi connectivity index (χ3v) is 8.74. The van der Waals surface area contributed by atoms with Gasteiger partial charge in [-0.25, -0.2) is 9.97 Å². The maximum absolute atomic E-state index is 12.9. The molecule has 1 aliphatic heterocycles. The molecular formula is C25H25N3O2S3. The Balaban J connectivity index is 1.42. The van der Waals surface area contributed by atoms with E-state index in [0.717, 1.165) is 49.7 Å². The van der Waals surface area contributed by atoms with Crippen molar-refractivity contribution in [2.75, 3.05) is 17.3 Å². The van der Waals surface area contributed by atoms with Crippen LogP contribution in [0, 0.1) is 0 Å². The summed E-state index contributed by atoms with van der Waals surface area (Å²) in [5.41, 5.74) is 1.95. The van der Waals surface area contributed by atoms with E-state index in [9.17, 15) is 4.79 Å². The molecule has 4 aromatic rings. The Kier molecular flexibility index (Phi) is 6.35. The highest BCUT2D eigenvalue weighted by atomic mass is 32.2. The molecule has 5 rings (SSSR count). The van der Waals surface area contributed by atoms with Gasteiger partial charge in [-0.15, -0.1) is 11.3 Å². The molecule has 2 aromatic heterocycles. The summed E-state index contributed by atoms with van der Waals surface area (Å²) in [5, 5.41) is 7.95. The SMILES string of the molecule is CC[C@@]1(C)Cc2c(sc3nc(SC)nc(SCC(=O)Nc4cccc5ccccc45)c23)CO1. The molecule has 1 atom stereocenters. The number of hydrogen-bond donors (Lipinski definition) is 1. The number of nitrogens with one attached hydrogen (secondary N) is 1. The van der Waals surface area contributed by atoms with Gasteiger partial charge in [-0.05, 0) is 36.6 Å². The first-order valence-electron chi connectivity index (χ1n) is 10.9. The van der Waals surface area contributed by atoms with E-state index in [1.165, 1.54) is 34.0 Å². The number of anilines is 1. The predicted octanol–water partition coefficient (Wildman–Crippen LogP) is 6.54. The van der Waals surface area contributed by atoms with Crippen molar-refractivity contribution in [3.63, 3.8) is 0 Å². The lowest BCUT2D eigenvalue weighted by Crippen LogP contribution is -2.33. The quantitative estimate of drug-likeness (QED) is 0.186. The number of thiophene rings is 1. The van der Waals surface area contributed by atoms with E-state index in [1.807, 2.05) is 36.6 Å². The molecule has 3 heterocycles. The number of carbonyl (C=O) groups excluding carboxylic acids is 1. The van der Waals surface area contributed by atoms with Gasteiger partial charge in [0.25, 0.3) is 0 Å². The predicted molar refractivity (Wildman–Crippen MR) is 140 cm³/mol. The minimum atomic E-state index is -0.174. The Morgan fingerprint density at radius 2 is 2.03 bits per heavy atom. The lowest BCUT2D eigenvalue weighted by molar-refractivity contribution is -0.113. The van der Waals surface area contributed by atoms with Crippen molar-refractivity contribution in [3.05, 3.63) is 52.9 Å². The van der Waals surface area contributed by atoms with Crippen LogP contribution >= 0.6 is 34.9 Å². The molecule has 0 fully saturated rings. The minimum absolute atomic E-state index is 0.0420. The van der Waals surface area contributed by atoms with Crippen LogP contribution in [0.25, 0.3) is 21.0 Å². The molecule has 0 unspecified atom stereocenters. The highest BCUT2D eigenvalue weighted by molar-refractivity contribution is 8.00. The molecule has 33 heavy (non-hydrogen) atoms. The number of fused-ring (bicyclic) bond motifs is 4. The first-order valence-corrected chi connectivity index (χ1v) is 13.9. The number of hydrogen-bond acceptors (Lipinski definition) is 7. The third kappa shape index (κ3) is 4.49. The van der Waals surface area contributed by atoms with Gasteiger partial charge in [-0.1, -0.05) is 66.8 Å². The monoisotopic (exact) mass is 495 g/mol. The van der Waals surface area contributed by atoms with E-state index in [-0.39, 0.29) is 17.3 Å². The van der Waals surface area contributed by atoms with E-state index < -0.39 is 0 Å². The minimum Gasteiger partial charge on any atom is -0.369 e. The first-order chi connectivity index (χ1) is 16.0. The Hall–Kier alpha value is -2.13. The van der Waals surface area contributed by atoms with Gasteiger partial charge in [0.2, 0.25) is 5.91 Å². The van der Waals surface area contributed by atoms with Crippen molar-refractivity contribution in [1.29, 1.82) is 0 Å². The first kappa shape index (κ1) is 22.7. The van der Waals surface area contributed by atoms with E-state index in [0.29, 0.717) is 6.61 Å². The summed E-state index contributed by atoms with van der Waals surface area (Å²) >= 11 is 4.70. The van der Waals surface area contributed by atoms with Crippen LogP contribution in [-0.4, -0.2) is 33.5 Å². The summed E-state index contributed by atoms with van der Waals surface area (Å²) in [6.07, 6.45) is 3.77. The van der Waals surface area contributed by atoms with Crippen molar-refractivity contribution in [3.8, 4) is 0 Å². The van der Waals surface area contributed by atoms with Crippen LogP contribution in [-0.2, 0) is 22.6 Å². The van der Waals surface area contributed by atoms with Gasteiger partial charge in [0.15, 0.2) is 5.16 Å². The maximum atomic E-state index is 12.9. The fraction of sp³-hybridized carbons (Fsp3) is 0.320. The zero-order valence-corrected chi connectivity index (χ0v) is 21.3. The highest BCUT2D eigenvalue weighted by Gasteiger charge is 2.33. The van der Waals surface area contributed by atoms with E-state index in [1.54, 1.807) is 11.3 Å². The second-order valence-electron chi connectivity index (χ2n) is 8.33. The molecule has 0 aliphatic carbocycles. The summed E-state index contributed by atoms with van der Waals surface area (Å²) in [6, 6.07) is 14.0. The molecule has 8 heteroatoms. The number of thioether (sulfide) groups is 2. The average Bonchev–Trinajstić information content (AvgIpc) is 3.20. The molecule has 1 aliphatic rings. The molecular weight excluding hydrogens is 470 g/mol. The standard InChI is InChI=1S/C25H25N3O2S3/c1-4-25(2)12-17-19(13-30-25)33-23-21(17)22(27-24(28-23)31-3)32-14-20(29)26-18-11-7-9-15-8-5-6-10-16(15)18/h5-11H,4,12-14H2,1-3H3,(H,26,29)/t25-/m0/s1. The second-order valence-corrected chi connectivity index (χ2v) is 11.2. The molecule has 0 radical (unpaired) electrons. The summed E-state index contributed by atoms with van der Waals surface area (Å²) in [4.78, 5) is 24.7. The summed E-state index contributed by atoms with van der Waals surface area (Å²) in [7, 11) is 0. The maximum Gasteiger partial charge on any atom is 0.234 e. The number of amides is 1. The molecule has 5 nitrogen and oxygen atoms in total. The number of rotatable bonds is 6. The fourth-order valence-corrected chi connectivity index (χ4v) is 6.60. The van der Waals surface area contributed by atoms with Crippen LogP contribution in [0.1, 0.15) is 30.7 Å². The highest BCUT2D eigenvalue weighted by Crippen LogP contribution is 2.43. The van der Waals surface area contributed by atoms with Crippen LogP contribution in [0.2, 0.25) is 0 Å². The molecule has 0 saturated heterocycles. The molecule has 170 valence electrons. The average molecular weight is 496 g/mol. The lowest BCUT2D eigenvalue weighted by Gasteiger charge is -2.33. The van der Waals surface area contributed by atoms with Crippen molar-refractivity contribution in [2.24, 2.45) is 0 Å². The number of ether oxygens (including phenoxy) is 1. The second kappa shape index (κ2) is 9.25. The van der Waals surface area contributed by atoms with Crippen molar-refractivity contribution < 1.29 is 9.53 Å². The van der Waals surface area contributed by atoms with Crippen LogP contribution in [0.3, 0.4) is 0 Å². The molecule has 1 amide bonds. The van der Waals surface area contributed by atoms with Crippen LogP contribution in [0.5, 0.6) is 0 Å². The van der Waals surface area contributed by atoms with Gasteiger partial charge in [0.05, 0.1) is 18.0 Å². The van der Waals surface area contributed by atoms with E-state index >= 15 is 0 Å². The van der Waals surface area contributed by atoms with Gasteiger partial charge < -0.3 is 10.1 Å².